The van der Waals surface area contributed by atoms with Crippen LogP contribution < -0.4 is 9.64 Å². The highest BCUT2D eigenvalue weighted by atomic mass is 16.5. The van der Waals surface area contributed by atoms with Crippen molar-refractivity contribution in [2.24, 2.45) is 5.41 Å². The molecule has 2 aliphatic carbocycles. The minimum atomic E-state index is 0.389. The molecule has 1 aromatic rings. The topological polar surface area (TPSA) is 31.8 Å². The highest BCUT2D eigenvalue weighted by molar-refractivity contribution is 5.55. The molecule has 26 heavy (non-hydrogen) atoms. The van der Waals surface area contributed by atoms with Gasteiger partial charge in [-0.2, -0.15) is 0 Å². The van der Waals surface area contributed by atoms with E-state index in [2.05, 4.69) is 32.8 Å². The summed E-state index contributed by atoms with van der Waals surface area (Å²) >= 11 is 0. The fraction of sp³-hybridized carbons (Fsp3) is 0.762. The van der Waals surface area contributed by atoms with E-state index in [9.17, 15) is 0 Å². The van der Waals surface area contributed by atoms with Crippen molar-refractivity contribution in [1.29, 1.82) is 0 Å². The number of anilines is 1. The quantitative estimate of drug-likeness (QED) is 0.828. The number of aromatic nitrogens is 1. The van der Waals surface area contributed by atoms with Crippen molar-refractivity contribution in [2.75, 3.05) is 51.2 Å². The number of rotatable bonds is 4. The predicted molar refractivity (Wildman–Crippen MR) is 104 cm³/mol. The van der Waals surface area contributed by atoms with Crippen LogP contribution in [0, 0.1) is 5.41 Å². The Balaban J connectivity index is 1.19. The summed E-state index contributed by atoms with van der Waals surface area (Å²) < 4.78 is 6.15. The summed E-state index contributed by atoms with van der Waals surface area (Å²) in [5.41, 5.74) is 1.85. The molecule has 3 heterocycles. The molecular formula is C21H32N4O. The molecule has 0 radical (unpaired) electrons. The molecule has 5 heteroatoms. The third-order valence-corrected chi connectivity index (χ3v) is 7.14. The number of piperazine rings is 1. The largest absolute Gasteiger partial charge is 0.473 e. The number of ether oxygens (including phenoxy) is 1. The van der Waals surface area contributed by atoms with Gasteiger partial charge in [-0.25, -0.2) is 4.98 Å². The first-order chi connectivity index (χ1) is 12.7. The van der Waals surface area contributed by atoms with Crippen LogP contribution in [0.15, 0.2) is 18.3 Å². The van der Waals surface area contributed by atoms with E-state index >= 15 is 0 Å². The highest BCUT2D eigenvalue weighted by Crippen LogP contribution is 2.46. The van der Waals surface area contributed by atoms with E-state index in [1.165, 1.54) is 70.4 Å². The van der Waals surface area contributed by atoms with Crippen LogP contribution in [-0.2, 0) is 0 Å². The lowest BCUT2D eigenvalue weighted by Gasteiger charge is -2.47. The average molecular weight is 357 g/mol. The molecule has 4 fully saturated rings. The molecule has 0 aromatic carbocycles. The van der Waals surface area contributed by atoms with Crippen LogP contribution in [0.1, 0.15) is 38.5 Å². The van der Waals surface area contributed by atoms with Gasteiger partial charge in [0.1, 0.15) is 6.10 Å². The smallest absolute Gasteiger partial charge is 0.237 e. The molecule has 1 spiro atoms. The van der Waals surface area contributed by atoms with E-state index in [0.29, 0.717) is 11.5 Å². The average Bonchev–Trinajstić information content (AvgIpc) is 3.04. The third-order valence-electron chi connectivity index (χ3n) is 7.14. The van der Waals surface area contributed by atoms with Crippen molar-refractivity contribution in [1.82, 2.24) is 14.8 Å². The van der Waals surface area contributed by atoms with Gasteiger partial charge in [-0.1, -0.05) is 0 Å². The van der Waals surface area contributed by atoms with Crippen LogP contribution in [0.5, 0.6) is 5.88 Å². The van der Waals surface area contributed by atoms with Gasteiger partial charge in [0.05, 0.1) is 5.69 Å². The Morgan fingerprint density at radius 1 is 1.12 bits per heavy atom. The number of likely N-dealkylation sites (tertiary alicyclic amines) is 1. The van der Waals surface area contributed by atoms with E-state index < -0.39 is 0 Å². The molecule has 0 bridgehead atoms. The van der Waals surface area contributed by atoms with E-state index in [-0.39, 0.29) is 0 Å². The van der Waals surface area contributed by atoms with Crippen LogP contribution in [0.2, 0.25) is 0 Å². The Bertz CT molecular complexity index is 633. The van der Waals surface area contributed by atoms with Crippen LogP contribution in [-0.4, -0.2) is 73.2 Å². The van der Waals surface area contributed by atoms with Gasteiger partial charge < -0.3 is 14.5 Å². The van der Waals surface area contributed by atoms with Crippen LogP contribution in [0.25, 0.3) is 0 Å². The van der Waals surface area contributed by atoms with Gasteiger partial charge in [-0.05, 0) is 63.1 Å². The molecule has 1 atom stereocenters. The lowest BCUT2D eigenvalue weighted by Crippen LogP contribution is -2.54. The summed E-state index contributed by atoms with van der Waals surface area (Å²) in [6, 6.07) is 5.04. The standard InChI is InChI=1S/C21H32N4O/c1-23-15-21(16-23)8-7-17(14-21)24-10-12-25(13-11-24)19-6-3-9-22-20(19)26-18-4-2-5-18/h3,6,9,17-18H,2,4-5,7-8,10-16H2,1H3. The number of hydrogen-bond acceptors (Lipinski definition) is 5. The summed E-state index contributed by atoms with van der Waals surface area (Å²) in [6.07, 6.45) is 10.2. The van der Waals surface area contributed by atoms with Gasteiger partial charge in [0.2, 0.25) is 5.88 Å². The van der Waals surface area contributed by atoms with E-state index in [1.807, 2.05) is 12.3 Å². The van der Waals surface area contributed by atoms with E-state index in [4.69, 9.17) is 4.74 Å². The maximum atomic E-state index is 6.15. The minimum absolute atomic E-state index is 0.389. The first-order valence-electron chi connectivity index (χ1n) is 10.5. The second-order valence-electron chi connectivity index (χ2n) is 9.09. The zero-order chi connectivity index (χ0) is 17.6. The van der Waals surface area contributed by atoms with Gasteiger partial charge in [-0.15, -0.1) is 0 Å². The Labute approximate surface area is 157 Å². The van der Waals surface area contributed by atoms with Gasteiger partial charge in [0.15, 0.2) is 0 Å². The molecule has 5 nitrogen and oxygen atoms in total. The molecule has 2 saturated heterocycles. The van der Waals surface area contributed by atoms with Crippen molar-refractivity contribution in [3.8, 4) is 5.88 Å². The molecule has 2 saturated carbocycles. The Kier molecular flexibility index (Phi) is 4.32. The molecule has 0 amide bonds. The summed E-state index contributed by atoms with van der Waals surface area (Å²) in [6.45, 7) is 7.18. The Morgan fingerprint density at radius 3 is 2.62 bits per heavy atom. The van der Waals surface area contributed by atoms with Gasteiger partial charge in [0, 0.05) is 51.5 Å². The molecule has 0 N–H and O–H groups in total. The summed E-state index contributed by atoms with van der Waals surface area (Å²) in [4.78, 5) is 12.3. The van der Waals surface area contributed by atoms with Crippen molar-refractivity contribution in [3.63, 3.8) is 0 Å². The van der Waals surface area contributed by atoms with Crippen molar-refractivity contribution in [3.05, 3.63) is 18.3 Å². The summed E-state index contributed by atoms with van der Waals surface area (Å²) in [7, 11) is 2.26. The number of hydrogen-bond donors (Lipinski definition) is 0. The fourth-order valence-corrected chi connectivity index (χ4v) is 5.56. The van der Waals surface area contributed by atoms with Gasteiger partial charge >= 0.3 is 0 Å². The lowest BCUT2D eigenvalue weighted by atomic mass is 9.78. The lowest BCUT2D eigenvalue weighted by molar-refractivity contribution is 0.0204. The maximum Gasteiger partial charge on any atom is 0.237 e. The van der Waals surface area contributed by atoms with Crippen molar-refractivity contribution in [2.45, 2.75) is 50.7 Å². The fourth-order valence-electron chi connectivity index (χ4n) is 5.56. The van der Waals surface area contributed by atoms with Crippen LogP contribution in [0.4, 0.5) is 5.69 Å². The minimum Gasteiger partial charge on any atom is -0.473 e. The third kappa shape index (κ3) is 3.09. The van der Waals surface area contributed by atoms with E-state index in [0.717, 1.165) is 25.0 Å². The van der Waals surface area contributed by atoms with Gasteiger partial charge in [-0.3, -0.25) is 4.90 Å². The monoisotopic (exact) mass is 356 g/mol. The molecular weight excluding hydrogens is 324 g/mol. The van der Waals surface area contributed by atoms with Crippen molar-refractivity contribution >= 4 is 5.69 Å². The Hall–Kier alpha value is -1.33. The molecule has 1 aromatic heterocycles. The second-order valence-corrected chi connectivity index (χ2v) is 9.09. The van der Waals surface area contributed by atoms with Crippen LogP contribution >= 0.6 is 0 Å². The molecule has 2 aliphatic heterocycles. The maximum absolute atomic E-state index is 6.15. The van der Waals surface area contributed by atoms with Crippen LogP contribution in [0.3, 0.4) is 0 Å². The number of nitrogens with zero attached hydrogens (tertiary/aromatic N) is 4. The number of pyridine rings is 1. The van der Waals surface area contributed by atoms with E-state index in [1.54, 1.807) is 0 Å². The molecule has 5 rings (SSSR count). The first-order valence-corrected chi connectivity index (χ1v) is 10.5. The molecule has 142 valence electrons. The second kappa shape index (κ2) is 6.68. The highest BCUT2D eigenvalue weighted by Gasteiger charge is 2.48. The summed E-state index contributed by atoms with van der Waals surface area (Å²) in [5.74, 6) is 0.850. The Morgan fingerprint density at radius 2 is 1.92 bits per heavy atom. The molecule has 4 aliphatic rings. The zero-order valence-corrected chi connectivity index (χ0v) is 16.1. The normalized spacial score (nSPS) is 29.6. The predicted octanol–water partition coefficient (Wildman–Crippen LogP) is 2.62. The molecule has 1 unspecified atom stereocenters. The first kappa shape index (κ1) is 16.8. The van der Waals surface area contributed by atoms with Gasteiger partial charge in [0.25, 0.3) is 0 Å². The summed E-state index contributed by atoms with van der Waals surface area (Å²) in [5, 5.41) is 0. The van der Waals surface area contributed by atoms with Crippen molar-refractivity contribution < 1.29 is 4.74 Å². The SMILES string of the molecule is CN1CC2(CCC(N3CCN(c4cccnc4OC4CCC4)CC3)C2)C1. The zero-order valence-electron chi connectivity index (χ0n) is 16.1.